The van der Waals surface area contributed by atoms with E-state index in [0.717, 1.165) is 12.8 Å². The molecule has 1 aliphatic heterocycles. The van der Waals surface area contributed by atoms with Gasteiger partial charge in [-0.15, -0.1) is 0 Å². The number of hydrogen-bond donors (Lipinski definition) is 0. The molecule has 0 saturated carbocycles. The molecule has 5 heteroatoms. The Morgan fingerprint density at radius 1 is 1.32 bits per heavy atom. The third kappa shape index (κ3) is 3.43. The Kier molecular flexibility index (Phi) is 4.35. The number of carbonyl (C=O) groups excluding carboxylic acids is 1. The van der Waals surface area contributed by atoms with E-state index in [0.29, 0.717) is 19.0 Å². The Bertz CT molecular complexity index is 443. The Morgan fingerprint density at radius 3 is 2.58 bits per heavy atom. The Labute approximate surface area is 111 Å². The lowest BCUT2D eigenvalue weighted by Crippen LogP contribution is -2.38. The van der Waals surface area contributed by atoms with E-state index in [1.165, 1.54) is 12.1 Å². The quantitative estimate of drug-likeness (QED) is 0.843. The molecule has 1 aromatic carbocycles. The summed E-state index contributed by atoms with van der Waals surface area (Å²) < 4.78 is 29.0. The van der Waals surface area contributed by atoms with E-state index in [1.54, 1.807) is 17.0 Å². The normalized spacial score (nSPS) is 16.7. The Balaban J connectivity index is 2.14. The number of carbonyl (C=O) groups is 1. The van der Waals surface area contributed by atoms with Crippen molar-refractivity contribution in [3.05, 3.63) is 29.8 Å². The summed E-state index contributed by atoms with van der Waals surface area (Å²) in [5.74, 6) is 0.320. The molecule has 0 radical (unpaired) electrons. The number of para-hydroxylation sites is 1. The number of piperidine rings is 1. The van der Waals surface area contributed by atoms with Crippen LogP contribution in [0.2, 0.25) is 0 Å². The highest BCUT2D eigenvalue weighted by Crippen LogP contribution is 2.24. The van der Waals surface area contributed by atoms with Crippen LogP contribution in [0.3, 0.4) is 0 Å². The van der Waals surface area contributed by atoms with Gasteiger partial charge in [0.2, 0.25) is 0 Å². The van der Waals surface area contributed by atoms with E-state index in [4.69, 9.17) is 0 Å². The average molecular weight is 269 g/mol. The zero-order chi connectivity index (χ0) is 13.8. The molecule has 0 aliphatic carbocycles. The second kappa shape index (κ2) is 5.99. The van der Waals surface area contributed by atoms with Gasteiger partial charge < -0.3 is 9.64 Å². The first-order valence-corrected chi connectivity index (χ1v) is 6.41. The second-order valence-corrected chi connectivity index (χ2v) is 4.85. The van der Waals surface area contributed by atoms with Crippen LogP contribution < -0.4 is 4.74 Å². The van der Waals surface area contributed by atoms with Gasteiger partial charge in [-0.2, -0.15) is 8.78 Å². The van der Waals surface area contributed by atoms with Crippen LogP contribution in [0.4, 0.5) is 8.78 Å². The molecule has 1 amide bonds. The maximum absolute atomic E-state index is 12.3. The van der Waals surface area contributed by atoms with Crippen LogP contribution in [0, 0.1) is 5.92 Å². The van der Waals surface area contributed by atoms with Gasteiger partial charge in [-0.3, -0.25) is 4.79 Å². The number of amides is 1. The summed E-state index contributed by atoms with van der Waals surface area (Å²) in [6.07, 6.45) is 1.90. The van der Waals surface area contributed by atoms with E-state index in [-0.39, 0.29) is 17.2 Å². The van der Waals surface area contributed by atoms with Gasteiger partial charge in [-0.05, 0) is 30.9 Å². The van der Waals surface area contributed by atoms with Crippen molar-refractivity contribution >= 4 is 5.91 Å². The van der Waals surface area contributed by atoms with Gasteiger partial charge in [0.05, 0.1) is 5.56 Å². The van der Waals surface area contributed by atoms with E-state index < -0.39 is 6.61 Å². The molecule has 0 N–H and O–H groups in total. The summed E-state index contributed by atoms with van der Waals surface area (Å²) >= 11 is 0. The zero-order valence-corrected chi connectivity index (χ0v) is 10.8. The maximum Gasteiger partial charge on any atom is 0.387 e. The van der Waals surface area contributed by atoms with E-state index in [2.05, 4.69) is 11.7 Å². The SMILES string of the molecule is CC1CCN(C(=O)c2ccccc2OC(F)F)CC1. The highest BCUT2D eigenvalue weighted by atomic mass is 19.3. The van der Waals surface area contributed by atoms with Crippen LogP contribution >= 0.6 is 0 Å². The minimum Gasteiger partial charge on any atom is -0.434 e. The van der Waals surface area contributed by atoms with Crippen LogP contribution in [0.1, 0.15) is 30.1 Å². The highest BCUT2D eigenvalue weighted by Gasteiger charge is 2.24. The summed E-state index contributed by atoms with van der Waals surface area (Å²) in [5, 5.41) is 0. The molecule has 1 heterocycles. The number of rotatable bonds is 3. The second-order valence-electron chi connectivity index (χ2n) is 4.85. The van der Waals surface area contributed by atoms with Crippen molar-refractivity contribution in [2.75, 3.05) is 13.1 Å². The third-order valence-corrected chi connectivity index (χ3v) is 3.40. The lowest BCUT2D eigenvalue weighted by molar-refractivity contribution is -0.0503. The van der Waals surface area contributed by atoms with Crippen molar-refractivity contribution in [2.24, 2.45) is 5.92 Å². The molecular weight excluding hydrogens is 252 g/mol. The van der Waals surface area contributed by atoms with Crippen LogP contribution in [-0.4, -0.2) is 30.5 Å². The molecule has 0 unspecified atom stereocenters. The molecule has 0 atom stereocenters. The van der Waals surface area contributed by atoms with Gasteiger partial charge >= 0.3 is 6.61 Å². The van der Waals surface area contributed by atoms with Crippen LogP contribution in [-0.2, 0) is 0 Å². The third-order valence-electron chi connectivity index (χ3n) is 3.40. The van der Waals surface area contributed by atoms with Crippen molar-refractivity contribution in [3.8, 4) is 5.75 Å². The highest BCUT2D eigenvalue weighted by molar-refractivity contribution is 5.97. The summed E-state index contributed by atoms with van der Waals surface area (Å²) in [6, 6.07) is 6.15. The number of ether oxygens (including phenoxy) is 1. The molecule has 1 saturated heterocycles. The lowest BCUT2D eigenvalue weighted by Gasteiger charge is -2.30. The minimum atomic E-state index is -2.92. The Morgan fingerprint density at radius 2 is 1.95 bits per heavy atom. The average Bonchev–Trinajstić information content (AvgIpc) is 2.39. The van der Waals surface area contributed by atoms with Gasteiger partial charge in [0.1, 0.15) is 5.75 Å². The summed E-state index contributed by atoms with van der Waals surface area (Å²) in [4.78, 5) is 14.0. The van der Waals surface area contributed by atoms with Gasteiger partial charge in [0, 0.05) is 13.1 Å². The number of alkyl halides is 2. The van der Waals surface area contributed by atoms with Crippen LogP contribution in [0.5, 0.6) is 5.75 Å². The molecule has 2 rings (SSSR count). The molecular formula is C14H17F2NO2. The number of likely N-dealkylation sites (tertiary alicyclic amines) is 1. The fourth-order valence-corrected chi connectivity index (χ4v) is 2.22. The lowest BCUT2D eigenvalue weighted by atomic mass is 9.98. The van der Waals surface area contributed by atoms with Gasteiger partial charge in [-0.1, -0.05) is 19.1 Å². The Hall–Kier alpha value is -1.65. The molecule has 1 aromatic rings. The van der Waals surface area contributed by atoms with E-state index in [9.17, 15) is 13.6 Å². The molecule has 19 heavy (non-hydrogen) atoms. The maximum atomic E-state index is 12.3. The fraction of sp³-hybridized carbons (Fsp3) is 0.500. The van der Waals surface area contributed by atoms with Gasteiger partial charge in [0.15, 0.2) is 0 Å². The number of benzene rings is 1. The predicted molar refractivity (Wildman–Crippen MR) is 67.4 cm³/mol. The first-order chi connectivity index (χ1) is 9.08. The molecule has 0 bridgehead atoms. The molecule has 3 nitrogen and oxygen atoms in total. The standard InChI is InChI=1S/C14H17F2NO2/c1-10-6-8-17(9-7-10)13(18)11-4-2-3-5-12(11)19-14(15)16/h2-5,10,14H,6-9H2,1H3. The van der Waals surface area contributed by atoms with Crippen LogP contribution in [0.15, 0.2) is 24.3 Å². The van der Waals surface area contributed by atoms with Crippen molar-refractivity contribution in [3.63, 3.8) is 0 Å². The smallest absolute Gasteiger partial charge is 0.387 e. The molecule has 0 spiro atoms. The fourth-order valence-electron chi connectivity index (χ4n) is 2.22. The van der Waals surface area contributed by atoms with Gasteiger partial charge in [0.25, 0.3) is 5.91 Å². The molecule has 104 valence electrons. The number of nitrogens with zero attached hydrogens (tertiary/aromatic N) is 1. The van der Waals surface area contributed by atoms with E-state index >= 15 is 0 Å². The summed E-state index contributed by atoms with van der Waals surface area (Å²) in [5.41, 5.74) is 0.206. The van der Waals surface area contributed by atoms with Crippen molar-refractivity contribution in [1.29, 1.82) is 0 Å². The van der Waals surface area contributed by atoms with Crippen LogP contribution in [0.25, 0.3) is 0 Å². The topological polar surface area (TPSA) is 29.5 Å². The van der Waals surface area contributed by atoms with Gasteiger partial charge in [-0.25, -0.2) is 0 Å². The number of hydrogen-bond acceptors (Lipinski definition) is 2. The first-order valence-electron chi connectivity index (χ1n) is 6.41. The molecule has 1 aliphatic rings. The zero-order valence-electron chi connectivity index (χ0n) is 10.8. The summed E-state index contributed by atoms with van der Waals surface area (Å²) in [7, 11) is 0. The molecule has 0 aromatic heterocycles. The summed E-state index contributed by atoms with van der Waals surface area (Å²) in [6.45, 7) is 0.567. The predicted octanol–water partition coefficient (Wildman–Crippen LogP) is 3.16. The van der Waals surface area contributed by atoms with Crippen molar-refractivity contribution in [2.45, 2.75) is 26.4 Å². The van der Waals surface area contributed by atoms with E-state index in [1.807, 2.05) is 0 Å². The molecule has 1 fully saturated rings. The minimum absolute atomic E-state index is 0.0545. The monoisotopic (exact) mass is 269 g/mol. The van der Waals surface area contributed by atoms with Crippen molar-refractivity contribution in [1.82, 2.24) is 4.90 Å². The van der Waals surface area contributed by atoms with Crippen molar-refractivity contribution < 1.29 is 18.3 Å². The number of halogens is 2. The largest absolute Gasteiger partial charge is 0.434 e. The first kappa shape index (κ1) is 13.8.